The monoisotopic (exact) mass is 224 g/mol. The second-order valence-electron chi connectivity index (χ2n) is 4.23. The van der Waals surface area contributed by atoms with Gasteiger partial charge in [0.25, 0.3) is 0 Å². The predicted molar refractivity (Wildman–Crippen MR) is 48.4 cm³/mol. The van der Waals surface area contributed by atoms with Crippen LogP contribution in [0.5, 0.6) is 0 Å². The van der Waals surface area contributed by atoms with E-state index in [0.29, 0.717) is 19.3 Å². The molecular formula is C10H15F3O2. The summed E-state index contributed by atoms with van der Waals surface area (Å²) in [7, 11) is 0. The third-order valence-corrected chi connectivity index (χ3v) is 3.00. The SMILES string of the molecule is O=C(O)CCCCCC1(C(F)(F)F)CC1. The lowest BCUT2D eigenvalue weighted by atomic mass is 9.97. The Labute approximate surface area is 86.5 Å². The Hall–Kier alpha value is -0.740. The molecule has 0 unspecified atom stereocenters. The fraction of sp³-hybridized carbons (Fsp3) is 0.900. The lowest BCUT2D eigenvalue weighted by molar-refractivity contribution is -0.189. The fourth-order valence-electron chi connectivity index (χ4n) is 1.74. The molecule has 15 heavy (non-hydrogen) atoms. The van der Waals surface area contributed by atoms with E-state index in [2.05, 4.69) is 0 Å². The van der Waals surface area contributed by atoms with E-state index < -0.39 is 17.6 Å². The molecule has 0 bridgehead atoms. The second-order valence-corrected chi connectivity index (χ2v) is 4.23. The van der Waals surface area contributed by atoms with Gasteiger partial charge in [-0.2, -0.15) is 13.2 Å². The summed E-state index contributed by atoms with van der Waals surface area (Å²) in [4.78, 5) is 10.2. The highest BCUT2D eigenvalue weighted by Crippen LogP contribution is 2.60. The second kappa shape index (κ2) is 4.41. The molecule has 0 aromatic rings. The molecular weight excluding hydrogens is 209 g/mol. The highest BCUT2D eigenvalue weighted by molar-refractivity contribution is 5.66. The number of rotatable bonds is 6. The van der Waals surface area contributed by atoms with E-state index in [9.17, 15) is 18.0 Å². The minimum Gasteiger partial charge on any atom is -0.481 e. The van der Waals surface area contributed by atoms with Crippen molar-refractivity contribution < 1.29 is 23.1 Å². The van der Waals surface area contributed by atoms with Gasteiger partial charge in [0, 0.05) is 6.42 Å². The Kier molecular flexibility index (Phi) is 3.62. The summed E-state index contributed by atoms with van der Waals surface area (Å²) in [5.41, 5.74) is -1.42. The first-order valence-corrected chi connectivity index (χ1v) is 5.16. The number of unbranched alkanes of at least 4 members (excludes halogenated alkanes) is 2. The largest absolute Gasteiger partial charge is 0.481 e. The number of hydrogen-bond donors (Lipinski definition) is 1. The van der Waals surface area contributed by atoms with Gasteiger partial charge in [-0.25, -0.2) is 0 Å². The molecule has 1 aliphatic carbocycles. The molecule has 0 amide bonds. The van der Waals surface area contributed by atoms with Crippen molar-refractivity contribution in [3.63, 3.8) is 0 Å². The van der Waals surface area contributed by atoms with Gasteiger partial charge in [0.2, 0.25) is 0 Å². The summed E-state index contributed by atoms with van der Waals surface area (Å²) in [5, 5.41) is 8.33. The molecule has 0 spiro atoms. The zero-order valence-electron chi connectivity index (χ0n) is 8.44. The molecule has 1 saturated carbocycles. The van der Waals surface area contributed by atoms with Crippen molar-refractivity contribution in [2.45, 2.75) is 51.1 Å². The van der Waals surface area contributed by atoms with Crippen LogP contribution in [-0.2, 0) is 4.79 Å². The summed E-state index contributed by atoms with van der Waals surface area (Å²) in [6.07, 6.45) is -1.83. The normalized spacial score (nSPS) is 18.9. The van der Waals surface area contributed by atoms with Gasteiger partial charge in [-0.1, -0.05) is 12.8 Å². The van der Waals surface area contributed by atoms with Crippen LogP contribution in [0.3, 0.4) is 0 Å². The first-order chi connectivity index (χ1) is 6.87. The Bertz CT molecular complexity index is 231. The van der Waals surface area contributed by atoms with E-state index in [-0.39, 0.29) is 25.7 Å². The number of halogens is 3. The van der Waals surface area contributed by atoms with Crippen LogP contribution in [0.1, 0.15) is 44.9 Å². The molecule has 1 aliphatic rings. The van der Waals surface area contributed by atoms with Crippen molar-refractivity contribution in [1.82, 2.24) is 0 Å². The van der Waals surface area contributed by atoms with Gasteiger partial charge < -0.3 is 5.11 Å². The molecule has 1 rings (SSSR count). The maximum atomic E-state index is 12.4. The van der Waals surface area contributed by atoms with Crippen molar-refractivity contribution in [3.8, 4) is 0 Å². The molecule has 2 nitrogen and oxygen atoms in total. The minimum absolute atomic E-state index is 0.0546. The molecule has 0 saturated heterocycles. The first kappa shape index (κ1) is 12.3. The van der Waals surface area contributed by atoms with Crippen molar-refractivity contribution in [1.29, 1.82) is 0 Å². The number of carboxylic acids is 1. The summed E-state index contributed by atoms with van der Waals surface area (Å²) in [5.74, 6) is -0.882. The van der Waals surface area contributed by atoms with E-state index in [1.165, 1.54) is 0 Å². The molecule has 0 heterocycles. The average Bonchev–Trinajstić information content (AvgIpc) is 2.82. The maximum Gasteiger partial charge on any atom is 0.394 e. The number of alkyl halides is 3. The van der Waals surface area contributed by atoms with Gasteiger partial charge in [-0.15, -0.1) is 0 Å². The number of carboxylic acid groups (broad SMARTS) is 1. The Balaban J connectivity index is 2.13. The van der Waals surface area contributed by atoms with E-state index in [1.807, 2.05) is 0 Å². The van der Waals surface area contributed by atoms with Crippen molar-refractivity contribution in [3.05, 3.63) is 0 Å². The first-order valence-electron chi connectivity index (χ1n) is 5.16. The van der Waals surface area contributed by atoms with Crippen LogP contribution in [0.15, 0.2) is 0 Å². The smallest absolute Gasteiger partial charge is 0.394 e. The van der Waals surface area contributed by atoms with Gasteiger partial charge in [-0.05, 0) is 25.7 Å². The number of aliphatic carboxylic acids is 1. The van der Waals surface area contributed by atoms with E-state index in [0.717, 1.165) is 0 Å². The molecule has 0 atom stereocenters. The molecule has 0 aliphatic heterocycles. The third-order valence-electron chi connectivity index (χ3n) is 3.00. The summed E-state index contributed by atoms with van der Waals surface area (Å²) in [6.45, 7) is 0. The fourth-order valence-corrected chi connectivity index (χ4v) is 1.74. The van der Waals surface area contributed by atoms with E-state index in [1.54, 1.807) is 0 Å². The van der Waals surface area contributed by atoms with Gasteiger partial charge in [0.05, 0.1) is 5.41 Å². The molecule has 0 aromatic heterocycles. The Morgan fingerprint density at radius 3 is 2.20 bits per heavy atom. The quantitative estimate of drug-likeness (QED) is 0.702. The molecule has 88 valence electrons. The molecule has 0 radical (unpaired) electrons. The van der Waals surface area contributed by atoms with Crippen LogP contribution < -0.4 is 0 Å². The zero-order chi connectivity index (χ0) is 11.5. The third kappa shape index (κ3) is 3.39. The topological polar surface area (TPSA) is 37.3 Å². The van der Waals surface area contributed by atoms with Crippen LogP contribution in [0.2, 0.25) is 0 Å². The maximum absolute atomic E-state index is 12.4. The van der Waals surface area contributed by atoms with Gasteiger partial charge in [-0.3, -0.25) is 4.79 Å². The molecule has 1 fully saturated rings. The lowest BCUT2D eigenvalue weighted by Gasteiger charge is -2.18. The minimum atomic E-state index is -4.07. The highest BCUT2D eigenvalue weighted by Gasteiger charge is 2.62. The standard InChI is InChI=1S/C10H15F3O2/c11-10(12,13)9(6-7-9)5-3-1-2-4-8(14)15/h1-7H2,(H,14,15). The Morgan fingerprint density at radius 1 is 1.20 bits per heavy atom. The Morgan fingerprint density at radius 2 is 1.80 bits per heavy atom. The van der Waals surface area contributed by atoms with Crippen LogP contribution in [0, 0.1) is 5.41 Å². The average molecular weight is 224 g/mol. The van der Waals surface area contributed by atoms with Crippen LogP contribution in [-0.4, -0.2) is 17.3 Å². The zero-order valence-corrected chi connectivity index (χ0v) is 8.44. The summed E-state index contributed by atoms with van der Waals surface area (Å²) < 4.78 is 37.3. The molecule has 0 aromatic carbocycles. The summed E-state index contributed by atoms with van der Waals surface area (Å²) >= 11 is 0. The predicted octanol–water partition coefficient (Wildman–Crippen LogP) is 3.36. The van der Waals surface area contributed by atoms with E-state index in [4.69, 9.17) is 5.11 Å². The summed E-state index contributed by atoms with van der Waals surface area (Å²) in [6, 6.07) is 0. The van der Waals surface area contributed by atoms with Gasteiger partial charge >= 0.3 is 12.1 Å². The van der Waals surface area contributed by atoms with Crippen molar-refractivity contribution in [2.75, 3.05) is 0 Å². The van der Waals surface area contributed by atoms with Crippen molar-refractivity contribution in [2.24, 2.45) is 5.41 Å². The molecule has 1 N–H and O–H groups in total. The van der Waals surface area contributed by atoms with E-state index >= 15 is 0 Å². The highest BCUT2D eigenvalue weighted by atomic mass is 19.4. The van der Waals surface area contributed by atoms with Gasteiger partial charge in [0.1, 0.15) is 0 Å². The number of carbonyl (C=O) groups is 1. The van der Waals surface area contributed by atoms with Crippen LogP contribution in [0.25, 0.3) is 0 Å². The van der Waals surface area contributed by atoms with Crippen molar-refractivity contribution >= 4 is 5.97 Å². The van der Waals surface area contributed by atoms with Crippen LogP contribution in [0.4, 0.5) is 13.2 Å². The number of hydrogen-bond acceptors (Lipinski definition) is 1. The van der Waals surface area contributed by atoms with Crippen LogP contribution >= 0.6 is 0 Å². The lowest BCUT2D eigenvalue weighted by Crippen LogP contribution is -2.24. The van der Waals surface area contributed by atoms with Gasteiger partial charge in [0.15, 0.2) is 0 Å². The molecule has 5 heteroatoms.